The summed E-state index contributed by atoms with van der Waals surface area (Å²) in [6.45, 7) is 7.11. The van der Waals surface area contributed by atoms with E-state index in [0.29, 0.717) is 12.1 Å². The van der Waals surface area contributed by atoms with E-state index in [-0.39, 0.29) is 0 Å². The molecular weight excluding hydrogens is 138 g/mol. The SMILES string of the molecule is CC.CC1OCCC2CC1N2. The highest BCUT2D eigenvalue weighted by Gasteiger charge is 2.35. The van der Waals surface area contributed by atoms with E-state index in [1.807, 2.05) is 13.8 Å². The van der Waals surface area contributed by atoms with Crippen LogP contribution in [-0.4, -0.2) is 24.8 Å². The van der Waals surface area contributed by atoms with Crippen LogP contribution < -0.4 is 5.32 Å². The van der Waals surface area contributed by atoms with E-state index >= 15 is 0 Å². The Labute approximate surface area is 69.3 Å². The Kier molecular flexibility index (Phi) is 3.34. The van der Waals surface area contributed by atoms with Crippen molar-refractivity contribution in [3.05, 3.63) is 0 Å². The molecule has 0 spiro atoms. The molecule has 0 aliphatic carbocycles. The third kappa shape index (κ3) is 1.94. The first kappa shape index (κ1) is 9.01. The van der Waals surface area contributed by atoms with Gasteiger partial charge in [0.1, 0.15) is 0 Å². The molecule has 2 bridgehead atoms. The van der Waals surface area contributed by atoms with Crippen molar-refractivity contribution >= 4 is 0 Å². The molecule has 1 N–H and O–H groups in total. The summed E-state index contributed by atoms with van der Waals surface area (Å²) in [5.41, 5.74) is 0. The lowest BCUT2D eigenvalue weighted by Gasteiger charge is -2.36. The average Bonchev–Trinajstić information content (AvgIpc) is 2.22. The van der Waals surface area contributed by atoms with Crippen LogP contribution in [0.3, 0.4) is 0 Å². The highest BCUT2D eigenvalue weighted by atomic mass is 16.5. The van der Waals surface area contributed by atoms with E-state index in [1.54, 1.807) is 0 Å². The van der Waals surface area contributed by atoms with Crippen LogP contribution in [0.5, 0.6) is 0 Å². The van der Waals surface area contributed by atoms with Gasteiger partial charge < -0.3 is 10.1 Å². The van der Waals surface area contributed by atoms with Crippen LogP contribution in [0.15, 0.2) is 0 Å². The maximum atomic E-state index is 5.49. The third-order valence-electron chi connectivity index (χ3n) is 2.40. The summed E-state index contributed by atoms with van der Waals surface area (Å²) in [5.74, 6) is 0. The molecule has 0 radical (unpaired) electrons. The summed E-state index contributed by atoms with van der Waals surface area (Å²) in [6, 6.07) is 1.44. The fourth-order valence-electron chi connectivity index (χ4n) is 1.63. The van der Waals surface area contributed by atoms with E-state index in [0.717, 1.165) is 12.6 Å². The van der Waals surface area contributed by atoms with Gasteiger partial charge in [-0.15, -0.1) is 0 Å². The minimum atomic E-state index is 0.448. The first-order valence-corrected chi connectivity index (χ1v) is 4.74. The number of fused-ring (bicyclic) bond motifs is 3. The van der Waals surface area contributed by atoms with Crippen LogP contribution in [0.4, 0.5) is 0 Å². The minimum Gasteiger partial charge on any atom is -0.377 e. The van der Waals surface area contributed by atoms with Crippen LogP contribution in [0.25, 0.3) is 0 Å². The Balaban J connectivity index is 0.000000281. The molecule has 0 aromatic rings. The lowest BCUT2D eigenvalue weighted by Crippen LogP contribution is -2.55. The van der Waals surface area contributed by atoms with Gasteiger partial charge in [0.15, 0.2) is 0 Å². The van der Waals surface area contributed by atoms with Crippen molar-refractivity contribution < 1.29 is 4.74 Å². The molecular formula is C9H19NO. The molecule has 0 saturated carbocycles. The van der Waals surface area contributed by atoms with Crippen molar-refractivity contribution in [3.8, 4) is 0 Å². The highest BCUT2D eigenvalue weighted by Crippen LogP contribution is 2.23. The molecule has 3 atom stereocenters. The molecule has 66 valence electrons. The zero-order chi connectivity index (χ0) is 8.27. The standard InChI is InChI=1S/C7H13NO.C2H6/c1-5-7-4-6(8-7)2-3-9-5;1-2/h5-8H,2-4H2,1H3;1-2H3. The molecule has 0 aromatic heterocycles. The van der Waals surface area contributed by atoms with Gasteiger partial charge in [0, 0.05) is 18.7 Å². The van der Waals surface area contributed by atoms with Crippen molar-refractivity contribution in [1.29, 1.82) is 0 Å². The van der Waals surface area contributed by atoms with Gasteiger partial charge in [0.05, 0.1) is 6.10 Å². The largest absolute Gasteiger partial charge is 0.377 e. The van der Waals surface area contributed by atoms with Crippen LogP contribution in [-0.2, 0) is 4.74 Å². The maximum Gasteiger partial charge on any atom is 0.0700 e. The van der Waals surface area contributed by atoms with Crippen molar-refractivity contribution in [2.75, 3.05) is 6.61 Å². The normalized spacial score (nSPS) is 41.2. The topological polar surface area (TPSA) is 21.3 Å². The maximum absolute atomic E-state index is 5.49. The van der Waals surface area contributed by atoms with Gasteiger partial charge >= 0.3 is 0 Å². The number of hydrogen-bond acceptors (Lipinski definition) is 2. The minimum absolute atomic E-state index is 0.448. The molecule has 3 aliphatic rings. The molecule has 3 fully saturated rings. The Morgan fingerprint density at radius 3 is 2.64 bits per heavy atom. The predicted molar refractivity (Wildman–Crippen MR) is 46.7 cm³/mol. The Bertz CT molecular complexity index is 107. The molecule has 3 rings (SSSR count). The second-order valence-corrected chi connectivity index (χ2v) is 3.07. The first-order chi connectivity index (χ1) is 5.36. The van der Waals surface area contributed by atoms with E-state index in [9.17, 15) is 0 Å². The van der Waals surface area contributed by atoms with Crippen molar-refractivity contribution in [2.24, 2.45) is 0 Å². The Morgan fingerprint density at radius 2 is 2.00 bits per heavy atom. The molecule has 2 nitrogen and oxygen atoms in total. The molecule has 11 heavy (non-hydrogen) atoms. The fraction of sp³-hybridized carbons (Fsp3) is 1.00. The van der Waals surface area contributed by atoms with Crippen LogP contribution in [0.1, 0.15) is 33.6 Å². The third-order valence-corrected chi connectivity index (χ3v) is 2.40. The Hall–Kier alpha value is -0.0800. The summed E-state index contributed by atoms with van der Waals surface area (Å²) in [5, 5.41) is 3.47. The van der Waals surface area contributed by atoms with E-state index in [4.69, 9.17) is 4.74 Å². The zero-order valence-corrected chi connectivity index (χ0v) is 7.76. The number of ether oxygens (including phenoxy) is 1. The molecule has 3 heterocycles. The van der Waals surface area contributed by atoms with Crippen molar-refractivity contribution in [1.82, 2.24) is 5.32 Å². The Morgan fingerprint density at radius 1 is 1.36 bits per heavy atom. The van der Waals surface area contributed by atoms with Gasteiger partial charge in [-0.2, -0.15) is 0 Å². The van der Waals surface area contributed by atoms with Gasteiger partial charge in [-0.25, -0.2) is 0 Å². The quantitative estimate of drug-likeness (QED) is 0.576. The lowest BCUT2D eigenvalue weighted by atomic mass is 9.93. The summed E-state index contributed by atoms with van der Waals surface area (Å²) in [6.07, 6.45) is 2.99. The number of nitrogens with one attached hydrogen (secondary N) is 1. The van der Waals surface area contributed by atoms with Gasteiger partial charge in [-0.1, -0.05) is 13.8 Å². The number of hydrogen-bond donors (Lipinski definition) is 1. The lowest BCUT2D eigenvalue weighted by molar-refractivity contribution is 0.0522. The van der Waals surface area contributed by atoms with Crippen molar-refractivity contribution in [2.45, 2.75) is 51.8 Å². The molecule has 3 aliphatic heterocycles. The summed E-state index contributed by atoms with van der Waals surface area (Å²) < 4.78 is 5.49. The van der Waals surface area contributed by atoms with Crippen LogP contribution in [0.2, 0.25) is 0 Å². The predicted octanol–water partition coefficient (Wildman–Crippen LogP) is 1.55. The second kappa shape index (κ2) is 4.07. The zero-order valence-electron chi connectivity index (χ0n) is 7.76. The van der Waals surface area contributed by atoms with Gasteiger partial charge in [-0.05, 0) is 19.8 Å². The molecule has 3 unspecified atom stereocenters. The summed E-state index contributed by atoms with van der Waals surface area (Å²) in [4.78, 5) is 0. The van der Waals surface area contributed by atoms with E-state index in [1.165, 1.54) is 12.8 Å². The van der Waals surface area contributed by atoms with E-state index < -0.39 is 0 Å². The number of rotatable bonds is 0. The smallest absolute Gasteiger partial charge is 0.0700 e. The van der Waals surface area contributed by atoms with Crippen LogP contribution >= 0.6 is 0 Å². The summed E-state index contributed by atoms with van der Waals surface area (Å²) in [7, 11) is 0. The van der Waals surface area contributed by atoms with Gasteiger partial charge in [0.2, 0.25) is 0 Å². The fourth-order valence-corrected chi connectivity index (χ4v) is 1.63. The second-order valence-electron chi connectivity index (χ2n) is 3.07. The van der Waals surface area contributed by atoms with Gasteiger partial charge in [-0.3, -0.25) is 0 Å². The molecule has 2 heteroatoms. The van der Waals surface area contributed by atoms with Crippen molar-refractivity contribution in [3.63, 3.8) is 0 Å². The highest BCUT2D eigenvalue weighted by molar-refractivity contribution is 4.94. The average molecular weight is 157 g/mol. The first-order valence-electron chi connectivity index (χ1n) is 4.74. The van der Waals surface area contributed by atoms with E-state index in [2.05, 4.69) is 12.2 Å². The molecule has 3 saturated heterocycles. The van der Waals surface area contributed by atoms with Crippen LogP contribution in [0, 0.1) is 0 Å². The van der Waals surface area contributed by atoms with Gasteiger partial charge in [0.25, 0.3) is 0 Å². The molecule has 0 aromatic carbocycles. The monoisotopic (exact) mass is 157 g/mol. The molecule has 0 amide bonds. The summed E-state index contributed by atoms with van der Waals surface area (Å²) >= 11 is 0.